The van der Waals surface area contributed by atoms with Crippen LogP contribution in [0.25, 0.3) is 97.6 Å². The molecule has 0 saturated carbocycles. The first-order chi connectivity index (χ1) is 53.7. The van der Waals surface area contributed by atoms with Gasteiger partial charge in [-0.05, 0) is 174 Å². The van der Waals surface area contributed by atoms with Crippen molar-refractivity contribution < 1.29 is 28.4 Å². The monoisotopic (exact) mass is 1530 g/mol. The van der Waals surface area contributed by atoms with Gasteiger partial charge in [-0.3, -0.25) is 19.2 Å². The summed E-state index contributed by atoms with van der Waals surface area (Å²) in [6, 6.07) is 23.5. The zero-order valence-electron chi connectivity index (χ0n) is 72.0. The molecule has 0 unspecified atom stereocenters. The van der Waals surface area contributed by atoms with E-state index in [4.69, 9.17) is 28.4 Å². The van der Waals surface area contributed by atoms with Crippen LogP contribution < -0.4 is 50.7 Å². The molecule has 12 nitrogen and oxygen atoms in total. The highest BCUT2D eigenvalue weighted by Gasteiger charge is 2.32. The Labute approximate surface area is 669 Å². The second kappa shape index (κ2) is 39.2. The third kappa shape index (κ3) is 20.2. The van der Waals surface area contributed by atoms with Crippen LogP contribution in [0.1, 0.15) is 279 Å². The van der Waals surface area contributed by atoms with Gasteiger partial charge >= 0.3 is 0 Å². The first kappa shape index (κ1) is 85.3. The van der Waals surface area contributed by atoms with E-state index >= 15 is 19.2 Å². The number of hydrogen-bond donors (Lipinski definition) is 0. The molecule has 11 aromatic rings. The van der Waals surface area contributed by atoms with Crippen LogP contribution in [-0.2, 0) is 0 Å². The zero-order chi connectivity index (χ0) is 80.2. The van der Waals surface area contributed by atoms with Gasteiger partial charge in [0.05, 0.1) is 72.6 Å². The van der Waals surface area contributed by atoms with Crippen molar-refractivity contribution in [2.75, 3.05) is 39.6 Å². The Morgan fingerprint density at radius 3 is 0.625 bits per heavy atom. The molecule has 0 bridgehead atoms. The van der Waals surface area contributed by atoms with Gasteiger partial charge in [-0.25, -0.2) is 9.13 Å². The predicted molar refractivity (Wildman–Crippen MR) is 474 cm³/mol. The molecule has 0 N–H and O–H groups in total. The molecular weight excluding hydrogens is 1390 g/mol. The number of fused-ring (bicyclic) bond motifs is 6. The third-order valence-electron chi connectivity index (χ3n) is 24.7. The quantitative estimate of drug-likeness (QED) is 0.0268. The van der Waals surface area contributed by atoms with Crippen molar-refractivity contribution >= 4 is 86.2 Å². The van der Waals surface area contributed by atoms with Gasteiger partial charge in [0.25, 0.3) is 22.2 Å². The highest BCUT2D eigenvalue weighted by molar-refractivity contribution is 6.50. The molecule has 0 aliphatic heterocycles. The van der Waals surface area contributed by atoms with Crippen LogP contribution in [0.3, 0.4) is 0 Å². The van der Waals surface area contributed by atoms with Crippen LogP contribution in [0.15, 0.2) is 92.0 Å². The van der Waals surface area contributed by atoms with E-state index in [1.54, 1.807) is 0 Å². The molecule has 0 fully saturated rings. The van der Waals surface area contributed by atoms with E-state index in [2.05, 4.69) is 125 Å². The van der Waals surface area contributed by atoms with Gasteiger partial charge in [-0.15, -0.1) is 0 Å². The maximum atomic E-state index is 16.2. The van der Waals surface area contributed by atoms with E-state index in [-0.39, 0.29) is 0 Å². The van der Waals surface area contributed by atoms with Crippen molar-refractivity contribution in [1.82, 2.24) is 9.13 Å². The summed E-state index contributed by atoms with van der Waals surface area (Å²) in [7, 11) is 0. The summed E-state index contributed by atoms with van der Waals surface area (Å²) in [6.45, 7) is 43.7. The molecule has 0 saturated heterocycles. The number of nitrogens with zero attached hydrogens (tertiary/aromatic N) is 2. The fourth-order valence-corrected chi connectivity index (χ4v) is 17.7. The van der Waals surface area contributed by atoms with Gasteiger partial charge in [-0.1, -0.05) is 289 Å². The van der Waals surface area contributed by atoms with Crippen LogP contribution in [0.2, 0.25) is 0 Å². The van der Waals surface area contributed by atoms with Gasteiger partial charge in [0, 0.05) is 24.3 Å². The van der Waals surface area contributed by atoms with E-state index < -0.39 is 22.2 Å². The van der Waals surface area contributed by atoms with E-state index in [1.165, 1.54) is 60.5 Å². The van der Waals surface area contributed by atoms with Crippen molar-refractivity contribution in [3.8, 4) is 45.9 Å². The lowest BCUT2D eigenvalue weighted by Gasteiger charge is -2.21. The van der Waals surface area contributed by atoms with Crippen LogP contribution in [0.5, 0.6) is 34.5 Å². The van der Waals surface area contributed by atoms with Crippen molar-refractivity contribution in [2.24, 2.45) is 71.0 Å². The summed E-state index contributed by atoms with van der Waals surface area (Å²) in [5.41, 5.74) is -1.06. The van der Waals surface area contributed by atoms with E-state index in [0.717, 1.165) is 146 Å². The Hall–Kier alpha value is -7.60. The number of benzene rings is 9. The molecule has 0 radical (unpaired) electrons. The summed E-state index contributed by atoms with van der Waals surface area (Å²) < 4.78 is 44.1. The number of ether oxygens (including phenoxy) is 6. The highest BCUT2D eigenvalue weighted by atomic mass is 16.5. The van der Waals surface area contributed by atoms with Gasteiger partial charge in [0.2, 0.25) is 11.5 Å². The van der Waals surface area contributed by atoms with E-state index in [9.17, 15) is 0 Å². The second-order valence-corrected chi connectivity index (χ2v) is 37.5. The molecule has 0 amide bonds. The fourth-order valence-electron chi connectivity index (χ4n) is 17.7. The first-order valence-corrected chi connectivity index (χ1v) is 44.3. The summed E-state index contributed by atoms with van der Waals surface area (Å²) in [5.74, 6) is 9.26. The minimum Gasteiger partial charge on any atom is -0.489 e. The van der Waals surface area contributed by atoms with Crippen molar-refractivity contribution in [3.63, 3.8) is 0 Å². The van der Waals surface area contributed by atoms with E-state index in [1.807, 2.05) is 72.8 Å². The van der Waals surface area contributed by atoms with Crippen LogP contribution in [-0.4, -0.2) is 48.8 Å². The molecule has 11 rings (SSSR count). The van der Waals surface area contributed by atoms with Crippen LogP contribution in [0.4, 0.5) is 0 Å². The molecular formula is C100H138N2O10. The minimum atomic E-state index is -0.441. The van der Waals surface area contributed by atoms with Gasteiger partial charge in [-0.2, -0.15) is 0 Å². The summed E-state index contributed by atoms with van der Waals surface area (Å²) in [6.07, 6.45) is 25.7. The zero-order valence-corrected chi connectivity index (χ0v) is 72.0. The molecule has 112 heavy (non-hydrogen) atoms. The minimum absolute atomic E-state index is 0.322. The van der Waals surface area contributed by atoms with Crippen molar-refractivity contribution in [2.45, 2.75) is 279 Å². The number of aromatic nitrogens is 2. The molecule has 2 heterocycles. The van der Waals surface area contributed by atoms with Crippen LogP contribution in [0, 0.1) is 71.0 Å². The smallest absolute Gasteiger partial charge is 0.266 e. The fraction of sp³-hybridized carbons (Fsp3) is 0.600. The maximum absolute atomic E-state index is 16.2. The number of rotatable bonds is 50. The lowest BCUT2D eigenvalue weighted by Crippen LogP contribution is -2.23. The lowest BCUT2D eigenvalue weighted by atomic mass is 9.80. The molecule has 6 atom stereocenters. The number of hydrogen-bond acceptors (Lipinski definition) is 10. The summed E-state index contributed by atoms with van der Waals surface area (Å²) in [5, 5.41) is 10.8. The SMILES string of the molecule is CC(C)CCC[C@H](C)CCOc1cc(-n2c(=O)c3c4ccc5ccc6c7c(=O)n(-c8cc(OCC[C@@H](C)CCCC(C)C)c(OCC[C@@H](C)CCCC(C)C)c(OCC[C@@H](C)CCCC(C)C)c8)c(=O)c7c7ccc8ccc(c3c2=O)c2c8c7c6c5c42)cc(OCC[C@@H](C)CCCC(C)C)c1OCC[C@@H](C)CCCC(C)C. The van der Waals surface area contributed by atoms with Crippen LogP contribution >= 0.6 is 0 Å². The Morgan fingerprint density at radius 2 is 0.429 bits per heavy atom. The predicted octanol–water partition coefficient (Wildman–Crippen LogP) is 26.5. The first-order valence-electron chi connectivity index (χ1n) is 44.3. The normalized spacial score (nSPS) is 14.2. The average molecular weight is 1530 g/mol. The lowest BCUT2D eigenvalue weighted by molar-refractivity contribution is 0.216. The second-order valence-electron chi connectivity index (χ2n) is 37.5. The van der Waals surface area contributed by atoms with Gasteiger partial charge < -0.3 is 28.4 Å². The highest BCUT2D eigenvalue weighted by Crippen LogP contribution is 2.52. The Morgan fingerprint density at radius 1 is 0.232 bits per heavy atom. The maximum Gasteiger partial charge on any atom is 0.266 e. The molecule has 9 aromatic carbocycles. The molecule has 608 valence electrons. The summed E-state index contributed by atoms with van der Waals surface area (Å²) in [4.78, 5) is 64.6. The Balaban J connectivity index is 1.06. The van der Waals surface area contributed by atoms with Crippen molar-refractivity contribution in [3.05, 3.63) is 114 Å². The van der Waals surface area contributed by atoms with Crippen molar-refractivity contribution in [1.29, 1.82) is 0 Å². The average Bonchev–Trinajstić information content (AvgIpc) is 1.24. The standard InChI is InChI=1S/C100H138N2O10/c1-61(2)25-19-31-67(13)45-51-107-81-57-75(58-82(108-52-46-68(14)32-20-26-62(3)4)95(81)111-55-49-71(17)35-23-29-65(9)10)101-97(103)91-77-41-37-73-39-43-79-89-85(73)87(77)88-78(92(91)98(101)104)42-38-74-40-44-80(90(89)86(74)88)94-93(79)99(105)102(100(94)106)76-59-83(109-53-47-69(15)33-21-27-63(5)6)96(112-56-50-72(18)36-24-30-66(11)12)84(60-76)110-54-48-70(16)34-22-28-64(7)8/h37-44,57-72H,19-36,45-56H2,1-18H3/t67-,68-,69-,70-,71-,72-/m0/s1. The molecule has 0 aliphatic rings. The largest absolute Gasteiger partial charge is 0.489 e. The molecule has 0 spiro atoms. The topological polar surface area (TPSA) is 134 Å². The Bertz CT molecular complexity index is 4480. The van der Waals surface area contributed by atoms with E-state index in [0.29, 0.717) is 200 Å². The molecule has 0 aliphatic carbocycles. The molecule has 2 aromatic heterocycles. The van der Waals surface area contributed by atoms with Gasteiger partial charge in [0.1, 0.15) is 0 Å². The third-order valence-corrected chi connectivity index (χ3v) is 24.7. The summed E-state index contributed by atoms with van der Waals surface area (Å²) >= 11 is 0. The Kier molecular flexibility index (Phi) is 29.8. The van der Waals surface area contributed by atoms with Gasteiger partial charge in [0.15, 0.2) is 23.0 Å². The molecule has 12 heteroatoms.